The molecular formula is C37H29ClF2N6O4S. The Morgan fingerprint density at radius 2 is 1.94 bits per heavy atom. The number of methoxy groups -OCH3 is 1. The van der Waals surface area contributed by atoms with Crippen LogP contribution in [0.3, 0.4) is 0 Å². The van der Waals surface area contributed by atoms with E-state index in [9.17, 15) is 14.0 Å². The van der Waals surface area contributed by atoms with E-state index in [4.69, 9.17) is 25.7 Å². The maximum Gasteiger partial charge on any atom is 0.434 e. The predicted octanol–water partition coefficient (Wildman–Crippen LogP) is 7.82. The summed E-state index contributed by atoms with van der Waals surface area (Å²) in [6.45, 7) is 0.626. The van der Waals surface area contributed by atoms with Crippen molar-refractivity contribution in [3.63, 3.8) is 0 Å². The van der Waals surface area contributed by atoms with Crippen molar-refractivity contribution in [2.45, 2.75) is 50.6 Å². The first-order chi connectivity index (χ1) is 24.8. The summed E-state index contributed by atoms with van der Waals surface area (Å²) in [6.07, 6.45) is 5.48. The van der Waals surface area contributed by atoms with E-state index in [-0.39, 0.29) is 40.5 Å². The van der Waals surface area contributed by atoms with Crippen LogP contribution in [0.2, 0.25) is 5.02 Å². The molecule has 2 N–H and O–H groups in total. The topological polar surface area (TPSA) is 126 Å². The summed E-state index contributed by atoms with van der Waals surface area (Å²) in [5, 5.41) is 11.2. The van der Waals surface area contributed by atoms with Gasteiger partial charge >= 0.3 is 5.76 Å². The third-order valence-electron chi connectivity index (χ3n) is 10.1. The SMILES string of the molecule is COc1c(Cl)cc2c(c1F)CC[C@H]2Nc1nccc2cc(-c3c4c(nc(CCc5ccc(F)cc5)c3-c3n[nH]c(=O)o3)[C@@H]3CCCN3C4=O)sc12. The first-order valence-electron chi connectivity index (χ1n) is 16.7. The second kappa shape index (κ2) is 12.3. The first kappa shape index (κ1) is 31.8. The molecule has 1 saturated heterocycles. The van der Waals surface area contributed by atoms with E-state index in [1.165, 1.54) is 30.6 Å². The Hall–Kier alpha value is -5.14. The van der Waals surface area contributed by atoms with Crippen LogP contribution in [0, 0.1) is 11.6 Å². The molecule has 1 fully saturated rings. The van der Waals surface area contributed by atoms with Crippen LogP contribution in [-0.4, -0.2) is 44.6 Å². The third-order valence-corrected chi connectivity index (χ3v) is 11.6. The molecule has 51 heavy (non-hydrogen) atoms. The summed E-state index contributed by atoms with van der Waals surface area (Å²) in [4.78, 5) is 38.9. The summed E-state index contributed by atoms with van der Waals surface area (Å²) >= 11 is 7.84. The van der Waals surface area contributed by atoms with Gasteiger partial charge in [0, 0.05) is 23.2 Å². The smallest absolute Gasteiger partial charge is 0.434 e. The number of ether oxygens (including phenoxy) is 1. The minimum atomic E-state index is -0.731. The number of H-pyrrole nitrogens is 1. The molecule has 0 saturated carbocycles. The lowest BCUT2D eigenvalue weighted by atomic mass is 9.93. The van der Waals surface area contributed by atoms with E-state index in [1.54, 1.807) is 24.4 Å². The zero-order chi connectivity index (χ0) is 35.0. The average Bonchev–Trinajstić information content (AvgIpc) is 3.96. The minimum Gasteiger partial charge on any atom is -0.492 e. The van der Waals surface area contributed by atoms with E-state index < -0.39 is 11.6 Å². The van der Waals surface area contributed by atoms with Gasteiger partial charge in [-0.25, -0.2) is 23.7 Å². The number of aromatic amines is 1. The van der Waals surface area contributed by atoms with Crippen molar-refractivity contribution < 1.29 is 22.7 Å². The number of nitrogens with one attached hydrogen (secondary N) is 2. The minimum absolute atomic E-state index is 0.0325. The van der Waals surface area contributed by atoms with Crippen molar-refractivity contribution in [1.29, 1.82) is 0 Å². The molecule has 2 aromatic carbocycles. The highest BCUT2D eigenvalue weighted by atomic mass is 35.5. The number of carbonyl (C=O) groups excluding carboxylic acids is 1. The maximum atomic E-state index is 15.3. The highest BCUT2D eigenvalue weighted by Gasteiger charge is 2.45. The Morgan fingerprint density at radius 1 is 1.10 bits per heavy atom. The lowest BCUT2D eigenvalue weighted by Gasteiger charge is -2.17. The van der Waals surface area contributed by atoms with Crippen LogP contribution in [0.1, 0.15) is 69.8 Å². The summed E-state index contributed by atoms with van der Waals surface area (Å²) < 4.78 is 40.6. The molecule has 258 valence electrons. The number of thiophene rings is 1. The molecule has 0 bridgehead atoms. The van der Waals surface area contributed by atoms with E-state index in [2.05, 4.69) is 20.5 Å². The number of amides is 1. The lowest BCUT2D eigenvalue weighted by molar-refractivity contribution is 0.0776. The van der Waals surface area contributed by atoms with Crippen molar-refractivity contribution in [3.05, 3.63) is 110 Å². The van der Waals surface area contributed by atoms with Gasteiger partial charge in [0.25, 0.3) is 11.8 Å². The highest BCUT2D eigenvalue weighted by Crippen LogP contribution is 2.51. The van der Waals surface area contributed by atoms with Gasteiger partial charge in [-0.3, -0.25) is 9.78 Å². The molecule has 3 aliphatic rings. The molecule has 6 heterocycles. The third kappa shape index (κ3) is 5.20. The number of nitrogens with zero attached hydrogens (tertiary/aromatic N) is 4. The van der Waals surface area contributed by atoms with Gasteiger partial charge < -0.3 is 19.4 Å². The molecule has 2 atom stereocenters. The number of carbonyl (C=O) groups is 1. The highest BCUT2D eigenvalue weighted by molar-refractivity contribution is 7.23. The van der Waals surface area contributed by atoms with Crippen LogP contribution < -0.4 is 15.8 Å². The van der Waals surface area contributed by atoms with Gasteiger partial charge in [-0.05, 0) is 90.9 Å². The molecule has 6 aromatic rings. The second-order valence-corrected chi connectivity index (χ2v) is 14.4. The largest absolute Gasteiger partial charge is 0.492 e. The zero-order valence-corrected chi connectivity index (χ0v) is 28.8. The fourth-order valence-corrected chi connectivity index (χ4v) is 9.26. The van der Waals surface area contributed by atoms with Gasteiger partial charge in [0.1, 0.15) is 11.6 Å². The molecule has 0 spiro atoms. The number of aromatic nitrogens is 4. The number of hydrogen-bond donors (Lipinski definition) is 2. The maximum absolute atomic E-state index is 15.3. The summed E-state index contributed by atoms with van der Waals surface area (Å²) in [5.74, 6) is -0.938. The molecule has 0 radical (unpaired) electrons. The Kier molecular flexibility index (Phi) is 7.65. The normalized spacial score (nSPS) is 17.6. The number of hydrogen-bond acceptors (Lipinski definition) is 9. The zero-order valence-electron chi connectivity index (χ0n) is 27.2. The van der Waals surface area contributed by atoms with Crippen LogP contribution in [0.4, 0.5) is 14.6 Å². The van der Waals surface area contributed by atoms with E-state index in [0.717, 1.165) is 38.9 Å². The molecule has 10 nitrogen and oxygen atoms in total. The molecular weight excluding hydrogens is 698 g/mol. The van der Waals surface area contributed by atoms with E-state index >= 15 is 4.39 Å². The fourth-order valence-electron chi connectivity index (χ4n) is 7.82. The Bertz CT molecular complexity index is 2440. The van der Waals surface area contributed by atoms with Crippen LogP contribution in [-0.2, 0) is 19.3 Å². The number of pyridine rings is 2. The molecule has 0 unspecified atom stereocenters. The first-order valence-corrected chi connectivity index (χ1v) is 17.9. The van der Waals surface area contributed by atoms with Crippen LogP contribution >= 0.6 is 22.9 Å². The Balaban J connectivity index is 1.19. The average molecular weight is 727 g/mol. The quantitative estimate of drug-likeness (QED) is 0.163. The van der Waals surface area contributed by atoms with Gasteiger partial charge in [-0.1, -0.05) is 23.7 Å². The van der Waals surface area contributed by atoms with Gasteiger partial charge in [0.2, 0.25) is 0 Å². The van der Waals surface area contributed by atoms with Gasteiger partial charge in [0.15, 0.2) is 11.6 Å². The molecule has 9 rings (SSSR count). The predicted molar refractivity (Wildman–Crippen MR) is 188 cm³/mol. The van der Waals surface area contributed by atoms with E-state index in [1.807, 2.05) is 17.0 Å². The molecule has 14 heteroatoms. The van der Waals surface area contributed by atoms with Gasteiger partial charge in [-0.15, -0.1) is 16.4 Å². The number of benzene rings is 2. The number of aryl methyl sites for hydroxylation is 2. The van der Waals surface area contributed by atoms with Gasteiger partial charge in [0.05, 0.1) is 51.4 Å². The van der Waals surface area contributed by atoms with Crippen LogP contribution in [0.25, 0.3) is 32.0 Å². The summed E-state index contributed by atoms with van der Waals surface area (Å²) in [7, 11) is 1.40. The number of halogens is 3. The number of fused-ring (bicyclic) bond motifs is 5. The van der Waals surface area contributed by atoms with Crippen molar-refractivity contribution in [2.75, 3.05) is 19.0 Å². The van der Waals surface area contributed by atoms with Gasteiger partial charge in [-0.2, -0.15) is 0 Å². The molecule has 1 amide bonds. The second-order valence-electron chi connectivity index (χ2n) is 13.0. The van der Waals surface area contributed by atoms with Crippen molar-refractivity contribution in [3.8, 4) is 27.6 Å². The van der Waals surface area contributed by atoms with Crippen molar-refractivity contribution >= 4 is 44.7 Å². The lowest BCUT2D eigenvalue weighted by Crippen LogP contribution is -2.22. The Labute approximate surface area is 298 Å². The van der Waals surface area contributed by atoms with Crippen molar-refractivity contribution in [2.24, 2.45) is 0 Å². The molecule has 4 aromatic heterocycles. The standard InChI is InChI=1S/C37H29ClF2N6O4S/c1-49-32-22(38)16-21-20(30(32)40)9-11-23(21)43-34-33-18(12-13-41-34)15-26(51-33)28-27(35-44-45-37(48)50-35)24(10-6-17-4-7-19(39)8-5-17)42-31-25-3-2-14-46(25)36(47)29(28)31/h4-5,7-8,12-13,15-16,23,25H,2-3,6,9-11,14H2,1H3,(H,41,43)(H,45,48)/t23-,25+/m1/s1. The Morgan fingerprint density at radius 3 is 2.73 bits per heavy atom. The summed E-state index contributed by atoms with van der Waals surface area (Å²) in [5.41, 5.74) is 5.09. The summed E-state index contributed by atoms with van der Waals surface area (Å²) in [6, 6.07) is 11.6. The van der Waals surface area contributed by atoms with Crippen LogP contribution in [0.15, 0.2) is 57.9 Å². The number of anilines is 1. The molecule has 2 aliphatic heterocycles. The molecule has 1 aliphatic carbocycles. The van der Waals surface area contributed by atoms with Crippen molar-refractivity contribution in [1.82, 2.24) is 25.1 Å². The fraction of sp³-hybridized carbons (Fsp3) is 0.270. The van der Waals surface area contributed by atoms with Crippen LogP contribution in [0.5, 0.6) is 5.75 Å². The van der Waals surface area contributed by atoms with E-state index in [0.29, 0.717) is 71.7 Å². The monoisotopic (exact) mass is 726 g/mol. The number of rotatable bonds is 8.